The number of nitrogens with one attached hydrogen (secondary N) is 1. The molecule has 1 heterocycles. The molecule has 1 amide bonds. The largest absolute Gasteiger partial charge is 0.481 e. The summed E-state index contributed by atoms with van der Waals surface area (Å²) >= 11 is 1.48. The van der Waals surface area contributed by atoms with Gasteiger partial charge in [-0.1, -0.05) is 6.42 Å². The highest BCUT2D eigenvalue weighted by molar-refractivity contribution is 7.08. The molecule has 0 spiro atoms. The number of carboxylic acids is 1. The van der Waals surface area contributed by atoms with Crippen molar-refractivity contribution in [2.45, 2.75) is 38.2 Å². The molecule has 0 aromatic carbocycles. The van der Waals surface area contributed by atoms with Crippen LogP contribution in [-0.2, 0) is 15.2 Å². The van der Waals surface area contributed by atoms with Gasteiger partial charge in [-0.05, 0) is 42.2 Å². The number of aliphatic hydroxyl groups is 1. The van der Waals surface area contributed by atoms with E-state index in [1.165, 1.54) is 11.3 Å². The maximum Gasteiger partial charge on any atom is 0.310 e. The Morgan fingerprint density at radius 2 is 2.20 bits per heavy atom. The highest BCUT2D eigenvalue weighted by atomic mass is 32.1. The van der Waals surface area contributed by atoms with Gasteiger partial charge in [0, 0.05) is 6.42 Å². The van der Waals surface area contributed by atoms with E-state index >= 15 is 0 Å². The maximum atomic E-state index is 11.9. The number of amides is 1. The van der Waals surface area contributed by atoms with Gasteiger partial charge in [0.1, 0.15) is 5.60 Å². The summed E-state index contributed by atoms with van der Waals surface area (Å²) in [4.78, 5) is 23.1. The van der Waals surface area contributed by atoms with E-state index in [0.29, 0.717) is 12.8 Å². The van der Waals surface area contributed by atoms with Crippen LogP contribution in [0.4, 0.5) is 0 Å². The second kappa shape index (κ2) is 5.54. The lowest BCUT2D eigenvalue weighted by atomic mass is 9.66. The van der Waals surface area contributed by atoms with Gasteiger partial charge in [0.15, 0.2) is 0 Å². The molecule has 2 rings (SSSR count). The Balaban J connectivity index is 1.88. The summed E-state index contributed by atoms with van der Waals surface area (Å²) in [7, 11) is 0. The lowest BCUT2D eigenvalue weighted by molar-refractivity contribution is -0.157. The van der Waals surface area contributed by atoms with E-state index < -0.39 is 17.0 Å². The summed E-state index contributed by atoms with van der Waals surface area (Å²) in [5.41, 5.74) is -1.27. The van der Waals surface area contributed by atoms with E-state index in [0.717, 1.165) is 12.0 Å². The van der Waals surface area contributed by atoms with Gasteiger partial charge in [-0.15, -0.1) is 0 Å². The smallest absolute Gasteiger partial charge is 0.310 e. The minimum atomic E-state index is -1.13. The third kappa shape index (κ3) is 3.02. The molecule has 20 heavy (non-hydrogen) atoms. The van der Waals surface area contributed by atoms with Crippen LogP contribution in [-0.4, -0.2) is 28.6 Å². The molecule has 5 nitrogen and oxygen atoms in total. The second-order valence-electron chi connectivity index (χ2n) is 5.68. The SMILES string of the molecule is CC(O)(CNC(=O)CC1(C(=O)O)CCC1)c1ccsc1. The van der Waals surface area contributed by atoms with Crippen molar-refractivity contribution in [1.29, 1.82) is 0 Å². The number of hydrogen-bond acceptors (Lipinski definition) is 4. The topological polar surface area (TPSA) is 86.6 Å². The Bertz CT molecular complexity index is 491. The average Bonchev–Trinajstić information content (AvgIpc) is 2.85. The number of hydrogen-bond donors (Lipinski definition) is 3. The highest BCUT2D eigenvalue weighted by Gasteiger charge is 2.46. The molecule has 1 atom stereocenters. The number of rotatable bonds is 6. The zero-order valence-electron chi connectivity index (χ0n) is 11.4. The molecule has 6 heteroatoms. The van der Waals surface area contributed by atoms with Crippen molar-refractivity contribution in [3.05, 3.63) is 22.4 Å². The zero-order chi connectivity index (χ0) is 14.8. The molecule has 1 aromatic rings. The lowest BCUT2D eigenvalue weighted by Gasteiger charge is -2.37. The zero-order valence-corrected chi connectivity index (χ0v) is 12.2. The normalized spacial score (nSPS) is 19.7. The molecule has 1 fully saturated rings. The van der Waals surface area contributed by atoms with Gasteiger partial charge in [0.2, 0.25) is 5.91 Å². The fourth-order valence-electron chi connectivity index (χ4n) is 2.38. The van der Waals surface area contributed by atoms with Crippen LogP contribution in [0.3, 0.4) is 0 Å². The number of thiophene rings is 1. The van der Waals surface area contributed by atoms with Gasteiger partial charge >= 0.3 is 5.97 Å². The van der Waals surface area contributed by atoms with Crippen molar-refractivity contribution in [1.82, 2.24) is 5.32 Å². The summed E-state index contributed by atoms with van der Waals surface area (Å²) in [5.74, 6) is -1.22. The van der Waals surface area contributed by atoms with Crippen molar-refractivity contribution < 1.29 is 19.8 Å². The van der Waals surface area contributed by atoms with E-state index in [9.17, 15) is 19.8 Å². The van der Waals surface area contributed by atoms with Crippen molar-refractivity contribution in [3.63, 3.8) is 0 Å². The lowest BCUT2D eigenvalue weighted by Crippen LogP contribution is -2.45. The standard InChI is InChI=1S/C14H19NO4S/c1-13(19,10-3-6-20-8-10)9-15-11(16)7-14(12(17)18)4-2-5-14/h3,6,8,19H,2,4-5,7,9H2,1H3,(H,15,16)(H,17,18). The van der Waals surface area contributed by atoms with Gasteiger partial charge in [-0.2, -0.15) is 11.3 Å². The van der Waals surface area contributed by atoms with Crippen LogP contribution in [0.1, 0.15) is 38.2 Å². The van der Waals surface area contributed by atoms with Gasteiger partial charge in [-0.3, -0.25) is 9.59 Å². The summed E-state index contributed by atoms with van der Waals surface area (Å²) in [6.07, 6.45) is 1.95. The van der Waals surface area contributed by atoms with Crippen molar-refractivity contribution in [2.75, 3.05) is 6.54 Å². The van der Waals surface area contributed by atoms with Gasteiger partial charge in [-0.25, -0.2) is 0 Å². The minimum Gasteiger partial charge on any atom is -0.481 e. The van der Waals surface area contributed by atoms with E-state index in [4.69, 9.17) is 0 Å². The van der Waals surface area contributed by atoms with Crippen LogP contribution in [0, 0.1) is 5.41 Å². The molecule has 3 N–H and O–H groups in total. The average molecular weight is 297 g/mol. The Morgan fingerprint density at radius 1 is 1.50 bits per heavy atom. The summed E-state index contributed by atoms with van der Waals surface area (Å²) < 4.78 is 0. The molecule has 1 aromatic heterocycles. The Labute approximate surface area is 121 Å². The first kappa shape index (κ1) is 15.0. The molecule has 0 aliphatic heterocycles. The number of carboxylic acid groups (broad SMARTS) is 1. The Kier molecular flexibility index (Phi) is 4.15. The monoisotopic (exact) mass is 297 g/mol. The van der Waals surface area contributed by atoms with Crippen LogP contribution in [0.15, 0.2) is 16.8 Å². The maximum absolute atomic E-state index is 11.9. The molecule has 0 saturated heterocycles. The van der Waals surface area contributed by atoms with Crippen LogP contribution in [0.2, 0.25) is 0 Å². The van der Waals surface area contributed by atoms with E-state index in [1.807, 2.05) is 16.8 Å². The van der Waals surface area contributed by atoms with Gasteiger partial charge in [0.25, 0.3) is 0 Å². The van der Waals surface area contributed by atoms with Crippen molar-refractivity contribution in [2.24, 2.45) is 5.41 Å². The van der Waals surface area contributed by atoms with Crippen molar-refractivity contribution >= 4 is 23.2 Å². The molecule has 0 radical (unpaired) electrons. The van der Waals surface area contributed by atoms with E-state index in [2.05, 4.69) is 5.32 Å². The molecule has 0 bridgehead atoms. The van der Waals surface area contributed by atoms with Crippen LogP contribution < -0.4 is 5.32 Å². The predicted molar refractivity (Wildman–Crippen MR) is 75.4 cm³/mol. The summed E-state index contributed by atoms with van der Waals surface area (Å²) in [5, 5.41) is 25.8. The summed E-state index contributed by atoms with van der Waals surface area (Å²) in [6, 6.07) is 1.81. The molecule has 1 saturated carbocycles. The predicted octanol–water partition coefficient (Wildman–Crippen LogP) is 1.72. The van der Waals surface area contributed by atoms with Crippen LogP contribution in [0.5, 0.6) is 0 Å². The number of carbonyl (C=O) groups excluding carboxylic acids is 1. The first-order valence-electron chi connectivity index (χ1n) is 6.61. The van der Waals surface area contributed by atoms with Crippen LogP contribution >= 0.6 is 11.3 Å². The Hall–Kier alpha value is -1.40. The Morgan fingerprint density at radius 3 is 2.65 bits per heavy atom. The second-order valence-corrected chi connectivity index (χ2v) is 6.46. The highest BCUT2D eigenvalue weighted by Crippen LogP contribution is 2.44. The number of aliphatic carboxylic acids is 1. The fraction of sp³-hybridized carbons (Fsp3) is 0.571. The van der Waals surface area contributed by atoms with Gasteiger partial charge in [0.05, 0.1) is 12.0 Å². The third-order valence-corrected chi connectivity index (χ3v) is 4.72. The molecule has 110 valence electrons. The quantitative estimate of drug-likeness (QED) is 0.746. The van der Waals surface area contributed by atoms with E-state index in [-0.39, 0.29) is 18.9 Å². The van der Waals surface area contributed by atoms with E-state index in [1.54, 1.807) is 6.92 Å². The first-order chi connectivity index (χ1) is 9.36. The molecular formula is C14H19NO4S. The molecule has 1 aliphatic rings. The third-order valence-electron chi connectivity index (χ3n) is 4.04. The first-order valence-corrected chi connectivity index (χ1v) is 7.55. The van der Waals surface area contributed by atoms with Crippen molar-refractivity contribution in [3.8, 4) is 0 Å². The minimum absolute atomic E-state index is 0.0119. The van der Waals surface area contributed by atoms with Gasteiger partial charge < -0.3 is 15.5 Å². The summed E-state index contributed by atoms with van der Waals surface area (Å²) in [6.45, 7) is 1.71. The molecular weight excluding hydrogens is 278 g/mol. The fourth-order valence-corrected chi connectivity index (χ4v) is 3.17. The number of carbonyl (C=O) groups is 2. The molecule has 1 unspecified atom stereocenters. The molecule has 1 aliphatic carbocycles. The van der Waals surface area contributed by atoms with Crippen LogP contribution in [0.25, 0.3) is 0 Å².